The van der Waals surface area contributed by atoms with Crippen molar-refractivity contribution in [2.75, 3.05) is 77.1 Å². The number of Topliss-reactive ketones (excluding diaryl/α,β-unsaturated/α-hetero) is 2. The number of benzene rings is 1. The number of alkyl halides is 3. The molecule has 3 aliphatic carbocycles. The van der Waals surface area contributed by atoms with Crippen LogP contribution in [0.3, 0.4) is 0 Å². The third-order valence-electron chi connectivity index (χ3n) is 15.2. The van der Waals surface area contributed by atoms with Gasteiger partial charge in [-0.3, -0.25) is 53.6 Å². The van der Waals surface area contributed by atoms with Gasteiger partial charge in [0.25, 0.3) is 5.91 Å². The number of anilines is 1. The zero-order chi connectivity index (χ0) is 75.3. The minimum atomic E-state index is -2.57. The highest BCUT2D eigenvalue weighted by Crippen LogP contribution is 2.58. The summed E-state index contributed by atoms with van der Waals surface area (Å²) in [5.41, 5.74) is -5.15. The summed E-state index contributed by atoms with van der Waals surface area (Å²) in [4.78, 5) is 136. The topological polar surface area (TPSA) is 511 Å². The Balaban J connectivity index is 2.16. The van der Waals surface area contributed by atoms with E-state index < -0.39 is 207 Å². The number of aliphatic hydroxyl groups is 11. The predicted octanol–water partition coefficient (Wildman–Crippen LogP) is 1.09. The molecule has 9 amide bonds. The van der Waals surface area contributed by atoms with Crippen LogP contribution in [0, 0.1) is 11.3 Å². The fourth-order valence-electron chi connectivity index (χ4n) is 10.1. The number of carbonyl (C=O) groups excluding carboxylic acids is 9. The van der Waals surface area contributed by atoms with Crippen molar-refractivity contribution in [2.24, 2.45) is 11.3 Å². The second-order valence-electron chi connectivity index (χ2n) is 22.4. The van der Waals surface area contributed by atoms with Gasteiger partial charge in [-0.2, -0.15) is 0 Å². The van der Waals surface area contributed by atoms with Crippen molar-refractivity contribution in [3.05, 3.63) is 73.6 Å². The van der Waals surface area contributed by atoms with Gasteiger partial charge in [0.2, 0.25) is 23.6 Å². The van der Waals surface area contributed by atoms with Gasteiger partial charge in [0.05, 0.1) is 105 Å². The zero-order valence-corrected chi connectivity index (χ0v) is 72.5. The van der Waals surface area contributed by atoms with Gasteiger partial charge in [-0.25, -0.2) is 9.59 Å². The second kappa shape index (κ2) is 40.0. The number of aromatic hydroxyl groups is 2. The molecule has 0 radical (unpaired) electrons. The van der Waals surface area contributed by atoms with Crippen LogP contribution in [-0.4, -0.2) is 255 Å². The standard InChI is InChI=1S/C58H75I9N10O22/c1-6-11-68-54(97)76(31-9-8-10-33(90)45(31)91)43-40(62)48(58(67,99)49(92)41(43)63)77(55(98)69-12-7-2)32(23(3)82)13-26(85)18-74-57(66)35(51(94)71-15-28(87)20-79)38(60)42(39(61)36(57)52(95)72-16-29(88)21-80)75(25(5)84)44-37(59)34(50(93)70-14-27(86)19-78)46(64)56(24(4)83,47(44)65)53(96)73-17-30(89)22-81/h8-10,26-30,32,35,46,49,74,78-81,85-92,99H,6-7,11-22H2,1-5H3,(H,68,97)(H,69,98)(H,70,93)(H,71,94)(H,72,95)(H,73,96). The Kier molecular flexibility index (Phi) is 36.3. The lowest BCUT2D eigenvalue weighted by molar-refractivity contribution is -0.138. The first-order valence-electron chi connectivity index (χ1n) is 29.8. The van der Waals surface area contributed by atoms with E-state index in [1.54, 1.807) is 195 Å². The molecule has 4 rings (SSSR count). The number of rotatable bonds is 33. The molecule has 12 atom stereocenters. The van der Waals surface area contributed by atoms with E-state index in [2.05, 4.69) is 37.2 Å². The number of hydrogen-bond donors (Lipinski definition) is 20. The average molecular weight is 2410 g/mol. The molecule has 20 N–H and O–H groups in total. The number of aliphatic hydroxyl groups excluding tert-OH is 10. The largest absolute Gasteiger partial charge is 0.504 e. The SMILES string of the molecule is CCCNC(=O)N(C1=C(I)C(O)C(O)(I)C(N(C(=O)NCCC)C(CC(O)CNC2(I)C(C(=O)NCC(O)CO)=C(I)C(N(C(C)=O)C3=C(I)C(C(C)=O)(C(=O)NCC(O)CO)C(I)C(C(=O)NCC(O)CO)=C3I)=C(I)C2C(=O)NCC(O)CO)C(C)=O)=C1I)c1cccc(O)c1O. The van der Waals surface area contributed by atoms with Crippen molar-refractivity contribution < 1.29 is 110 Å². The first kappa shape index (κ1) is 90.0. The number of phenols is 2. The Morgan fingerprint density at radius 2 is 1.10 bits per heavy atom. The Morgan fingerprint density at radius 3 is 1.60 bits per heavy atom. The van der Waals surface area contributed by atoms with E-state index in [-0.39, 0.29) is 62.9 Å². The van der Waals surface area contributed by atoms with Crippen molar-refractivity contribution in [1.29, 1.82) is 0 Å². The molecule has 0 fully saturated rings. The van der Waals surface area contributed by atoms with Gasteiger partial charge < -0.3 is 98.3 Å². The van der Waals surface area contributed by atoms with Gasteiger partial charge in [0.1, 0.15) is 15.6 Å². The molecular weight excluding hydrogens is 2330 g/mol. The van der Waals surface area contributed by atoms with Crippen LogP contribution in [-0.2, 0) is 33.6 Å². The molecule has 12 unspecified atom stereocenters. The summed E-state index contributed by atoms with van der Waals surface area (Å²) < 4.78 is -7.46. The maximum Gasteiger partial charge on any atom is 0.326 e. The van der Waals surface area contributed by atoms with Crippen LogP contribution in [0.1, 0.15) is 53.9 Å². The lowest BCUT2D eigenvalue weighted by Crippen LogP contribution is -2.61. The van der Waals surface area contributed by atoms with E-state index in [1.165, 1.54) is 34.7 Å². The molecule has 3 aliphatic rings. The lowest BCUT2D eigenvalue weighted by Gasteiger charge is -2.46. The van der Waals surface area contributed by atoms with Gasteiger partial charge in [-0.05, 0) is 197 Å². The van der Waals surface area contributed by atoms with E-state index in [0.717, 1.165) is 41.5 Å². The maximum absolute atomic E-state index is 15.4. The van der Waals surface area contributed by atoms with Crippen LogP contribution in [0.15, 0.2) is 73.6 Å². The van der Waals surface area contributed by atoms with Crippen LogP contribution in [0.5, 0.6) is 11.5 Å². The summed E-state index contributed by atoms with van der Waals surface area (Å²) in [7, 11) is 0. The molecule has 0 bridgehead atoms. The number of amides is 9. The van der Waals surface area contributed by atoms with Gasteiger partial charge in [-0.1, -0.05) is 65.1 Å². The summed E-state index contributed by atoms with van der Waals surface area (Å²) in [6.07, 6.45) is -10.3. The highest BCUT2D eigenvalue weighted by Gasteiger charge is 2.61. The summed E-state index contributed by atoms with van der Waals surface area (Å²) in [5.74, 6) is -10.5. The van der Waals surface area contributed by atoms with Crippen LogP contribution < -0.4 is 42.1 Å². The van der Waals surface area contributed by atoms with Crippen molar-refractivity contribution in [3.8, 4) is 11.5 Å². The van der Waals surface area contributed by atoms with Crippen LogP contribution in [0.4, 0.5) is 15.3 Å². The summed E-state index contributed by atoms with van der Waals surface area (Å²) >= 11 is 14.9. The number of urea groups is 2. The Hall–Kier alpha value is -1.42. The van der Waals surface area contributed by atoms with E-state index in [0.29, 0.717) is 12.8 Å². The van der Waals surface area contributed by atoms with E-state index in [9.17, 15) is 99.9 Å². The zero-order valence-electron chi connectivity index (χ0n) is 53.1. The molecular formula is C58H75I9N10O22. The average Bonchev–Trinajstić information content (AvgIpc) is 0.712. The predicted molar refractivity (Wildman–Crippen MR) is 434 cm³/mol. The highest BCUT2D eigenvalue weighted by molar-refractivity contribution is 14.1. The number of nitrogens with one attached hydrogen (secondary N) is 7. The van der Waals surface area contributed by atoms with Crippen molar-refractivity contribution in [3.63, 3.8) is 0 Å². The number of para-hydroxylation sites is 1. The smallest absolute Gasteiger partial charge is 0.326 e. The van der Waals surface area contributed by atoms with Gasteiger partial charge in [0, 0.05) is 82.6 Å². The molecule has 1 aromatic rings. The molecule has 0 spiro atoms. The molecule has 32 nitrogen and oxygen atoms in total. The molecule has 1 aromatic carbocycles. The number of allylic oxidation sites excluding steroid dienone is 3. The van der Waals surface area contributed by atoms with E-state index >= 15 is 9.59 Å². The number of carbonyl (C=O) groups is 9. The van der Waals surface area contributed by atoms with Crippen molar-refractivity contribution in [2.45, 2.75) is 108 Å². The van der Waals surface area contributed by atoms with Gasteiger partial charge >= 0.3 is 12.1 Å². The first-order valence-corrected chi connectivity index (χ1v) is 39.7. The summed E-state index contributed by atoms with van der Waals surface area (Å²) in [5, 5.41) is 159. The minimum Gasteiger partial charge on any atom is -0.504 e. The molecule has 99 heavy (non-hydrogen) atoms. The number of phenolic OH excluding ortho intramolecular Hbond substituents is 2. The fraction of sp³-hybridized carbons (Fsp3) is 0.534. The molecule has 0 saturated carbocycles. The van der Waals surface area contributed by atoms with E-state index in [1.807, 2.05) is 0 Å². The summed E-state index contributed by atoms with van der Waals surface area (Å²) in [6, 6.07) is -0.0966. The number of nitrogens with zero attached hydrogens (tertiary/aromatic N) is 3. The number of hydrogen-bond acceptors (Lipinski definition) is 23. The molecule has 0 aliphatic heterocycles. The third kappa shape index (κ3) is 20.2. The first-order chi connectivity index (χ1) is 46.3. The van der Waals surface area contributed by atoms with Crippen LogP contribution >= 0.6 is 203 Å². The molecule has 552 valence electrons. The quantitative estimate of drug-likeness (QED) is 0.0154. The fourth-order valence-corrected chi connectivity index (χ4v) is 26.0. The van der Waals surface area contributed by atoms with Crippen LogP contribution in [0.25, 0.3) is 0 Å². The second-order valence-corrected chi connectivity index (χ2v) is 33.6. The Bertz CT molecular complexity index is 3470. The highest BCUT2D eigenvalue weighted by atomic mass is 127. The summed E-state index contributed by atoms with van der Waals surface area (Å²) in [6.45, 7) is -0.174. The monoisotopic (exact) mass is 2410 g/mol. The molecule has 41 heteroatoms. The maximum atomic E-state index is 15.4. The van der Waals surface area contributed by atoms with Crippen molar-refractivity contribution >= 4 is 262 Å². The third-order valence-corrected chi connectivity index (χ3v) is 26.1. The number of ketones is 2. The van der Waals surface area contributed by atoms with Crippen molar-refractivity contribution in [1.82, 2.24) is 47.0 Å². The minimum absolute atomic E-state index is 0.0451. The lowest BCUT2D eigenvalue weighted by atomic mass is 9.72. The molecule has 0 saturated heterocycles. The normalized spacial score (nSPS) is 23.0. The molecule has 0 heterocycles. The molecule has 0 aromatic heterocycles. The number of halogens is 9. The van der Waals surface area contributed by atoms with Gasteiger partial charge in [0.15, 0.2) is 32.1 Å². The van der Waals surface area contributed by atoms with E-state index in [4.69, 9.17) is 0 Å². The Labute approximate surface area is 691 Å². The Morgan fingerprint density at radius 1 is 0.606 bits per heavy atom. The van der Waals surface area contributed by atoms with Crippen LogP contribution in [0.2, 0.25) is 0 Å². The van der Waals surface area contributed by atoms with Gasteiger partial charge in [-0.15, -0.1) is 0 Å².